The van der Waals surface area contributed by atoms with E-state index in [1.54, 1.807) is 11.3 Å². The number of nitrogens with zero attached hydrogens (tertiary/aromatic N) is 3. The molecule has 102 valence electrons. The molecule has 1 saturated heterocycles. The second-order valence-corrected chi connectivity index (χ2v) is 6.12. The predicted octanol–water partition coefficient (Wildman–Crippen LogP) is 3.04. The van der Waals surface area contributed by atoms with Gasteiger partial charge < -0.3 is 4.74 Å². The molecule has 3 heterocycles. The molecule has 4 nitrogen and oxygen atoms in total. The molecule has 1 aliphatic rings. The summed E-state index contributed by atoms with van der Waals surface area (Å²) in [6.07, 6.45) is 3.57. The molecule has 0 aliphatic carbocycles. The van der Waals surface area contributed by atoms with Gasteiger partial charge in [-0.05, 0) is 25.3 Å². The zero-order valence-electron chi connectivity index (χ0n) is 10.9. The number of hydrogen-bond acceptors (Lipinski definition) is 5. The van der Waals surface area contributed by atoms with Crippen molar-refractivity contribution in [3.63, 3.8) is 0 Å². The van der Waals surface area contributed by atoms with Gasteiger partial charge in [-0.1, -0.05) is 6.92 Å². The highest BCUT2D eigenvalue weighted by Crippen LogP contribution is 2.27. The lowest BCUT2D eigenvalue weighted by atomic mass is 10.2. The lowest BCUT2D eigenvalue weighted by Crippen LogP contribution is -2.16. The molecule has 0 bridgehead atoms. The van der Waals surface area contributed by atoms with E-state index in [2.05, 4.69) is 45.8 Å². The lowest BCUT2D eigenvalue weighted by Gasteiger charge is -2.12. The largest absolute Gasteiger partial charge is 0.376 e. The number of aromatic nitrogens is 3. The van der Waals surface area contributed by atoms with Crippen LogP contribution in [0.2, 0.25) is 0 Å². The first kappa shape index (κ1) is 13.1. The van der Waals surface area contributed by atoms with Crippen LogP contribution in [0.15, 0.2) is 16.6 Å². The topological polar surface area (TPSA) is 39.9 Å². The molecular weight excluding hydrogens is 278 g/mol. The molecule has 19 heavy (non-hydrogen) atoms. The van der Waals surface area contributed by atoms with Crippen molar-refractivity contribution in [2.24, 2.45) is 0 Å². The maximum Gasteiger partial charge on any atom is 0.188 e. The summed E-state index contributed by atoms with van der Waals surface area (Å²) in [5.41, 5.74) is 1.13. The minimum Gasteiger partial charge on any atom is -0.376 e. The van der Waals surface area contributed by atoms with Crippen LogP contribution in [0.25, 0.3) is 11.4 Å². The Balaban J connectivity index is 1.88. The maximum atomic E-state index is 5.69. The molecule has 0 aromatic carbocycles. The van der Waals surface area contributed by atoms with Crippen LogP contribution in [-0.2, 0) is 17.7 Å². The number of thiol groups is 1. The summed E-state index contributed by atoms with van der Waals surface area (Å²) >= 11 is 6.18. The summed E-state index contributed by atoms with van der Waals surface area (Å²) in [6, 6.07) is 2.19. The first-order valence-electron chi connectivity index (χ1n) is 6.59. The van der Waals surface area contributed by atoms with Gasteiger partial charge in [-0.3, -0.25) is 4.57 Å². The fourth-order valence-corrected chi connectivity index (χ4v) is 3.39. The van der Waals surface area contributed by atoms with Crippen molar-refractivity contribution in [2.75, 3.05) is 6.61 Å². The van der Waals surface area contributed by atoms with E-state index in [4.69, 9.17) is 4.74 Å². The highest BCUT2D eigenvalue weighted by molar-refractivity contribution is 7.80. The molecule has 0 amide bonds. The summed E-state index contributed by atoms with van der Waals surface area (Å²) in [5, 5.41) is 11.2. The van der Waals surface area contributed by atoms with E-state index in [-0.39, 0.29) is 6.10 Å². The van der Waals surface area contributed by atoms with E-state index in [0.29, 0.717) is 5.16 Å². The Hall–Kier alpha value is -0.850. The second kappa shape index (κ2) is 5.64. The molecule has 0 radical (unpaired) electrons. The maximum absolute atomic E-state index is 5.69. The number of ether oxygens (including phenoxy) is 1. The highest BCUT2D eigenvalue weighted by Gasteiger charge is 2.20. The Morgan fingerprint density at radius 3 is 3.11 bits per heavy atom. The average Bonchev–Trinajstić information content (AvgIpc) is 3.12. The number of thiophene rings is 1. The zero-order valence-corrected chi connectivity index (χ0v) is 12.6. The summed E-state index contributed by atoms with van der Waals surface area (Å²) < 4.78 is 7.75. The fraction of sp³-hybridized carbons (Fsp3) is 0.538. The number of aryl methyl sites for hydroxylation is 1. The molecule has 0 N–H and O–H groups in total. The smallest absolute Gasteiger partial charge is 0.188 e. The standard InChI is InChI=1S/C13H17N3OS2/c1-2-11-6-9(8-19-11)12-14-15-13(18)16(12)7-10-4-3-5-17-10/h6,8,10H,2-5,7H2,1H3,(H,15,18). The Morgan fingerprint density at radius 1 is 1.53 bits per heavy atom. The Kier molecular flexibility index (Phi) is 3.91. The molecule has 1 aliphatic heterocycles. The van der Waals surface area contributed by atoms with Crippen LogP contribution in [-0.4, -0.2) is 27.5 Å². The van der Waals surface area contributed by atoms with Gasteiger partial charge in [-0.15, -0.1) is 34.2 Å². The lowest BCUT2D eigenvalue weighted by molar-refractivity contribution is 0.0954. The molecule has 0 spiro atoms. The van der Waals surface area contributed by atoms with Crippen LogP contribution in [0.4, 0.5) is 0 Å². The SMILES string of the molecule is CCc1cc(-c2nnc(S)n2CC2CCCO2)cs1. The van der Waals surface area contributed by atoms with Crippen molar-refractivity contribution >= 4 is 24.0 Å². The van der Waals surface area contributed by atoms with E-state index < -0.39 is 0 Å². The normalized spacial score (nSPS) is 19.2. The summed E-state index contributed by atoms with van der Waals surface area (Å²) in [5.74, 6) is 0.899. The van der Waals surface area contributed by atoms with Gasteiger partial charge in [0.05, 0.1) is 12.6 Å². The van der Waals surface area contributed by atoms with Crippen LogP contribution in [0.1, 0.15) is 24.6 Å². The van der Waals surface area contributed by atoms with Gasteiger partial charge in [0, 0.05) is 22.4 Å². The van der Waals surface area contributed by atoms with Crippen molar-refractivity contribution in [3.8, 4) is 11.4 Å². The first-order valence-corrected chi connectivity index (χ1v) is 7.92. The van der Waals surface area contributed by atoms with Gasteiger partial charge in [-0.2, -0.15) is 0 Å². The van der Waals surface area contributed by atoms with Crippen LogP contribution < -0.4 is 0 Å². The first-order chi connectivity index (χ1) is 9.28. The molecule has 3 rings (SSSR count). The van der Waals surface area contributed by atoms with E-state index in [1.807, 2.05) is 0 Å². The van der Waals surface area contributed by atoms with Crippen molar-refractivity contribution in [3.05, 3.63) is 16.3 Å². The minimum absolute atomic E-state index is 0.268. The van der Waals surface area contributed by atoms with Gasteiger partial charge in [0.2, 0.25) is 0 Å². The fourth-order valence-electron chi connectivity index (χ4n) is 2.35. The minimum atomic E-state index is 0.268. The summed E-state index contributed by atoms with van der Waals surface area (Å²) in [7, 11) is 0. The van der Waals surface area contributed by atoms with Gasteiger partial charge in [-0.25, -0.2) is 0 Å². The van der Waals surface area contributed by atoms with E-state index in [1.165, 1.54) is 4.88 Å². The molecule has 0 saturated carbocycles. The van der Waals surface area contributed by atoms with Gasteiger partial charge in [0.1, 0.15) is 0 Å². The van der Waals surface area contributed by atoms with E-state index in [9.17, 15) is 0 Å². The van der Waals surface area contributed by atoms with Gasteiger partial charge >= 0.3 is 0 Å². The molecular formula is C13H17N3OS2. The molecule has 1 atom stereocenters. The molecule has 2 aromatic heterocycles. The highest BCUT2D eigenvalue weighted by atomic mass is 32.1. The summed E-state index contributed by atoms with van der Waals surface area (Å²) in [6.45, 7) is 3.82. The quantitative estimate of drug-likeness (QED) is 0.881. The molecule has 2 aromatic rings. The number of hydrogen-bond donors (Lipinski definition) is 1. The third-order valence-electron chi connectivity index (χ3n) is 3.40. The predicted molar refractivity (Wildman–Crippen MR) is 78.9 cm³/mol. The van der Waals surface area contributed by atoms with Crippen molar-refractivity contribution in [2.45, 2.75) is 44.0 Å². The number of rotatable bonds is 4. The average molecular weight is 295 g/mol. The van der Waals surface area contributed by atoms with E-state index >= 15 is 0 Å². The van der Waals surface area contributed by atoms with Crippen molar-refractivity contribution in [1.29, 1.82) is 0 Å². The monoisotopic (exact) mass is 295 g/mol. The second-order valence-electron chi connectivity index (χ2n) is 4.72. The van der Waals surface area contributed by atoms with E-state index in [0.717, 1.165) is 43.8 Å². The molecule has 6 heteroatoms. The Labute approximate surface area is 122 Å². The van der Waals surface area contributed by atoms with Gasteiger partial charge in [0.15, 0.2) is 11.0 Å². The third-order valence-corrected chi connectivity index (χ3v) is 4.81. The van der Waals surface area contributed by atoms with Crippen LogP contribution in [0, 0.1) is 0 Å². The van der Waals surface area contributed by atoms with Crippen molar-refractivity contribution < 1.29 is 4.74 Å². The van der Waals surface area contributed by atoms with Crippen molar-refractivity contribution in [1.82, 2.24) is 14.8 Å². The summed E-state index contributed by atoms with van der Waals surface area (Å²) in [4.78, 5) is 1.36. The van der Waals surface area contributed by atoms with Gasteiger partial charge in [0.25, 0.3) is 0 Å². The van der Waals surface area contributed by atoms with Crippen LogP contribution in [0.3, 0.4) is 0 Å². The third kappa shape index (κ3) is 2.70. The Morgan fingerprint density at radius 2 is 2.42 bits per heavy atom. The molecule has 1 unspecified atom stereocenters. The zero-order chi connectivity index (χ0) is 13.2. The van der Waals surface area contributed by atoms with Crippen LogP contribution >= 0.6 is 24.0 Å². The Bertz CT molecular complexity index is 558. The molecule has 1 fully saturated rings. The van der Waals surface area contributed by atoms with Crippen LogP contribution in [0.5, 0.6) is 0 Å².